The quantitative estimate of drug-likeness (QED) is 0.314. The highest BCUT2D eigenvalue weighted by Crippen LogP contribution is 2.45. The zero-order valence-corrected chi connectivity index (χ0v) is 9.39. The molecule has 1 aliphatic heterocycles. The third kappa shape index (κ3) is 3.43. The van der Waals surface area contributed by atoms with Gasteiger partial charge in [0.05, 0.1) is 6.10 Å². The van der Waals surface area contributed by atoms with Crippen LogP contribution in [0.5, 0.6) is 0 Å². The standard InChI is InChI=1S/C7H14FO8P/c8-3(17(13,14)15)1-2-4(9)5(10)6(11)7(12)16-2/h2-7,9-12H,1H2,(H2,13,14,15)/t2-,3+,4-,5+,6-,7?/m1/s1. The zero-order valence-electron chi connectivity index (χ0n) is 8.50. The van der Waals surface area contributed by atoms with E-state index in [0.29, 0.717) is 0 Å². The molecule has 6 atom stereocenters. The Balaban J connectivity index is 2.69. The van der Waals surface area contributed by atoms with E-state index in [-0.39, 0.29) is 0 Å². The predicted octanol–water partition coefficient (Wildman–Crippen LogP) is -2.35. The van der Waals surface area contributed by atoms with Gasteiger partial charge in [0.2, 0.25) is 5.91 Å². The van der Waals surface area contributed by atoms with Crippen LogP contribution in [0.15, 0.2) is 0 Å². The molecular formula is C7H14FO8P. The van der Waals surface area contributed by atoms with Gasteiger partial charge in [0.25, 0.3) is 0 Å². The number of aliphatic hydroxyl groups is 4. The second-order valence-corrected chi connectivity index (χ2v) is 5.53. The largest absolute Gasteiger partial charge is 0.388 e. The molecule has 1 fully saturated rings. The van der Waals surface area contributed by atoms with E-state index in [2.05, 4.69) is 4.74 Å². The normalized spacial score (nSPS) is 41.2. The summed E-state index contributed by atoms with van der Waals surface area (Å²) in [5.74, 6) is -2.59. The minimum absolute atomic E-state index is 0.910. The fraction of sp³-hybridized carbons (Fsp3) is 1.00. The predicted molar refractivity (Wildman–Crippen MR) is 50.5 cm³/mol. The van der Waals surface area contributed by atoms with Crippen LogP contribution >= 0.6 is 7.60 Å². The van der Waals surface area contributed by atoms with Crippen molar-refractivity contribution in [3.8, 4) is 0 Å². The van der Waals surface area contributed by atoms with Gasteiger partial charge >= 0.3 is 7.60 Å². The van der Waals surface area contributed by atoms with Crippen molar-refractivity contribution < 1.29 is 43.9 Å². The van der Waals surface area contributed by atoms with Gasteiger partial charge in [-0.1, -0.05) is 0 Å². The van der Waals surface area contributed by atoms with E-state index in [0.717, 1.165) is 0 Å². The molecule has 6 N–H and O–H groups in total. The Labute approximate surface area is 95.4 Å². The third-order valence-electron chi connectivity index (χ3n) is 2.48. The Hall–Kier alpha value is -0.120. The van der Waals surface area contributed by atoms with Crippen LogP contribution in [0.2, 0.25) is 0 Å². The maximum Gasteiger partial charge on any atom is 0.359 e. The lowest BCUT2D eigenvalue weighted by Gasteiger charge is -2.38. The molecular weight excluding hydrogens is 262 g/mol. The summed E-state index contributed by atoms with van der Waals surface area (Å²) in [6.45, 7) is 0. The van der Waals surface area contributed by atoms with E-state index in [1.165, 1.54) is 0 Å². The summed E-state index contributed by atoms with van der Waals surface area (Å²) in [5, 5.41) is 36.8. The summed E-state index contributed by atoms with van der Waals surface area (Å²) < 4.78 is 28.1. The van der Waals surface area contributed by atoms with Crippen molar-refractivity contribution in [2.45, 2.75) is 43.0 Å². The number of rotatable bonds is 3. The topological polar surface area (TPSA) is 148 Å². The summed E-state index contributed by atoms with van der Waals surface area (Å²) in [5.41, 5.74) is 0. The van der Waals surface area contributed by atoms with Crippen molar-refractivity contribution in [1.82, 2.24) is 0 Å². The van der Waals surface area contributed by atoms with Crippen LogP contribution in [0.25, 0.3) is 0 Å². The molecule has 1 aliphatic rings. The first kappa shape index (κ1) is 14.9. The van der Waals surface area contributed by atoms with E-state index in [1.807, 2.05) is 0 Å². The molecule has 0 aromatic heterocycles. The first-order valence-corrected chi connectivity index (χ1v) is 6.39. The highest BCUT2D eigenvalue weighted by Gasteiger charge is 2.45. The zero-order chi connectivity index (χ0) is 13.4. The van der Waals surface area contributed by atoms with Crippen molar-refractivity contribution in [1.29, 1.82) is 0 Å². The van der Waals surface area contributed by atoms with Crippen molar-refractivity contribution in [3.63, 3.8) is 0 Å². The van der Waals surface area contributed by atoms with Crippen LogP contribution in [0.1, 0.15) is 6.42 Å². The lowest BCUT2D eigenvalue weighted by molar-refractivity contribution is -0.283. The molecule has 8 nitrogen and oxygen atoms in total. The summed E-state index contributed by atoms with van der Waals surface area (Å²) >= 11 is 0. The molecule has 1 unspecified atom stereocenters. The lowest BCUT2D eigenvalue weighted by atomic mass is 9.97. The second-order valence-electron chi connectivity index (χ2n) is 3.80. The van der Waals surface area contributed by atoms with Gasteiger partial charge in [-0.2, -0.15) is 0 Å². The van der Waals surface area contributed by atoms with Crippen LogP contribution in [-0.2, 0) is 9.30 Å². The third-order valence-corrected chi connectivity index (χ3v) is 3.42. The van der Waals surface area contributed by atoms with Crippen LogP contribution in [0, 0.1) is 0 Å². The van der Waals surface area contributed by atoms with Crippen molar-refractivity contribution in [2.75, 3.05) is 0 Å². The van der Waals surface area contributed by atoms with Crippen molar-refractivity contribution >= 4 is 7.60 Å². The number of halogens is 1. The smallest absolute Gasteiger partial charge is 0.359 e. The monoisotopic (exact) mass is 276 g/mol. The molecule has 0 radical (unpaired) electrons. The molecule has 1 saturated heterocycles. The van der Waals surface area contributed by atoms with Crippen LogP contribution in [0.3, 0.4) is 0 Å². The fourth-order valence-electron chi connectivity index (χ4n) is 1.45. The number of aliphatic hydroxyl groups excluding tert-OH is 4. The van der Waals surface area contributed by atoms with E-state index in [4.69, 9.17) is 20.0 Å². The maximum atomic E-state index is 13.0. The Bertz CT molecular complexity index is 308. The number of hydrogen-bond donors (Lipinski definition) is 6. The second kappa shape index (κ2) is 5.25. The molecule has 0 saturated carbocycles. The van der Waals surface area contributed by atoms with Crippen LogP contribution in [-0.4, -0.2) is 66.8 Å². The van der Waals surface area contributed by atoms with E-state index in [1.54, 1.807) is 0 Å². The average Bonchev–Trinajstić information content (AvgIpc) is 2.21. The summed E-state index contributed by atoms with van der Waals surface area (Å²) in [7, 11) is -4.99. The number of ether oxygens (including phenoxy) is 1. The molecule has 102 valence electrons. The van der Waals surface area contributed by atoms with Crippen molar-refractivity contribution in [3.05, 3.63) is 0 Å². The van der Waals surface area contributed by atoms with Gasteiger partial charge in [-0.3, -0.25) is 4.57 Å². The SMILES string of the molecule is O=P(O)(O)[C@H](F)C[C@H]1OC(O)[C@H](O)[C@@H](O)[C@@H]1O. The molecule has 0 aromatic rings. The molecule has 1 rings (SSSR count). The van der Waals surface area contributed by atoms with E-state index in [9.17, 15) is 19.2 Å². The maximum absolute atomic E-state index is 13.0. The first-order valence-electron chi connectivity index (χ1n) is 4.71. The van der Waals surface area contributed by atoms with Gasteiger partial charge in [-0.15, -0.1) is 0 Å². The van der Waals surface area contributed by atoms with Gasteiger partial charge in [-0.25, -0.2) is 4.39 Å². The highest BCUT2D eigenvalue weighted by molar-refractivity contribution is 7.52. The average molecular weight is 276 g/mol. The summed E-state index contributed by atoms with van der Waals surface area (Å²) in [4.78, 5) is 17.0. The lowest BCUT2D eigenvalue weighted by Crippen LogP contribution is -2.57. The van der Waals surface area contributed by atoms with Gasteiger partial charge in [-0.05, 0) is 0 Å². The molecule has 0 amide bonds. The fourth-order valence-corrected chi connectivity index (χ4v) is 1.94. The number of alkyl halides is 1. The highest BCUT2D eigenvalue weighted by atomic mass is 31.2. The summed E-state index contributed by atoms with van der Waals surface area (Å²) in [6, 6.07) is 0. The molecule has 0 spiro atoms. The Morgan fingerprint density at radius 2 is 1.65 bits per heavy atom. The molecule has 0 aliphatic carbocycles. The van der Waals surface area contributed by atoms with E-state index < -0.39 is 50.6 Å². The van der Waals surface area contributed by atoms with Gasteiger partial charge < -0.3 is 34.9 Å². The number of hydrogen-bond acceptors (Lipinski definition) is 6. The molecule has 10 heteroatoms. The minimum atomic E-state index is -4.99. The van der Waals surface area contributed by atoms with Gasteiger partial charge in [0.15, 0.2) is 6.29 Å². The first-order chi connectivity index (χ1) is 7.64. The summed E-state index contributed by atoms with van der Waals surface area (Å²) in [6.07, 6.45) is -9.60. The molecule has 0 aromatic carbocycles. The Morgan fingerprint density at radius 1 is 1.12 bits per heavy atom. The minimum Gasteiger partial charge on any atom is -0.388 e. The van der Waals surface area contributed by atoms with Crippen molar-refractivity contribution in [2.24, 2.45) is 0 Å². The van der Waals surface area contributed by atoms with Crippen LogP contribution in [0.4, 0.5) is 4.39 Å². The van der Waals surface area contributed by atoms with Gasteiger partial charge in [0, 0.05) is 6.42 Å². The Kier molecular flexibility index (Phi) is 4.61. The van der Waals surface area contributed by atoms with E-state index >= 15 is 0 Å². The Morgan fingerprint density at radius 3 is 2.12 bits per heavy atom. The molecule has 1 heterocycles. The molecule has 0 bridgehead atoms. The van der Waals surface area contributed by atoms with Gasteiger partial charge in [0.1, 0.15) is 18.3 Å². The van der Waals surface area contributed by atoms with Crippen LogP contribution < -0.4 is 0 Å². The molecule has 17 heavy (non-hydrogen) atoms.